The Bertz CT molecular complexity index is 1280. The second kappa shape index (κ2) is 42.7. The molecule has 0 radical (unpaired) electrons. The number of allylic oxidation sites excluding steroid dienone is 6. The number of esters is 1. The van der Waals surface area contributed by atoms with Gasteiger partial charge in [-0.15, -0.1) is 0 Å². The lowest BCUT2D eigenvalue weighted by molar-refractivity contribution is -0.332. The smallest absolute Gasteiger partial charge is 0.306 e. The first-order valence-electron chi connectivity index (χ1n) is 27.6. The molecule has 0 spiro atoms. The van der Waals surface area contributed by atoms with Crippen LogP contribution < -0.4 is 0 Å². The molecule has 11 unspecified atom stereocenters. The van der Waals surface area contributed by atoms with Crippen LogP contribution in [0.1, 0.15) is 206 Å². The minimum Gasteiger partial charge on any atom is -0.457 e. The first-order valence-corrected chi connectivity index (χ1v) is 27.6. The lowest BCUT2D eigenvalue weighted by atomic mass is 9.98. The second-order valence-electron chi connectivity index (χ2n) is 19.4. The fourth-order valence-electron chi connectivity index (χ4n) is 8.59. The molecule has 69 heavy (non-hydrogen) atoms. The molecule has 0 saturated carbocycles. The van der Waals surface area contributed by atoms with Crippen molar-refractivity contribution in [3.05, 3.63) is 36.5 Å². The van der Waals surface area contributed by atoms with Gasteiger partial charge < -0.3 is 64.2 Å². The molecule has 7 N–H and O–H groups in total. The van der Waals surface area contributed by atoms with Crippen molar-refractivity contribution in [1.29, 1.82) is 0 Å². The van der Waals surface area contributed by atoms with Crippen LogP contribution in [0.25, 0.3) is 0 Å². The van der Waals surface area contributed by atoms with Crippen LogP contribution in [-0.2, 0) is 33.2 Å². The van der Waals surface area contributed by atoms with E-state index in [1.165, 1.54) is 116 Å². The predicted molar refractivity (Wildman–Crippen MR) is 270 cm³/mol. The molecule has 14 heteroatoms. The second-order valence-corrected chi connectivity index (χ2v) is 19.4. The van der Waals surface area contributed by atoms with Crippen LogP contribution in [0.3, 0.4) is 0 Å². The molecule has 0 amide bonds. The maximum Gasteiger partial charge on any atom is 0.306 e. The maximum atomic E-state index is 13.0. The van der Waals surface area contributed by atoms with E-state index >= 15 is 0 Å². The molecule has 404 valence electrons. The normalized spacial score (nSPS) is 25.9. The van der Waals surface area contributed by atoms with Crippen molar-refractivity contribution >= 4 is 5.97 Å². The molecule has 14 nitrogen and oxygen atoms in total. The topological polar surface area (TPSA) is 214 Å². The molecule has 0 bridgehead atoms. The van der Waals surface area contributed by atoms with E-state index in [4.69, 9.17) is 28.4 Å². The van der Waals surface area contributed by atoms with E-state index in [0.29, 0.717) is 13.0 Å². The molecule has 11 atom stereocenters. The van der Waals surface area contributed by atoms with Crippen LogP contribution in [0.4, 0.5) is 0 Å². The van der Waals surface area contributed by atoms with Gasteiger partial charge in [-0.1, -0.05) is 172 Å². The Balaban J connectivity index is 1.69. The highest BCUT2D eigenvalue weighted by atomic mass is 16.7. The largest absolute Gasteiger partial charge is 0.457 e. The van der Waals surface area contributed by atoms with Gasteiger partial charge in [-0.2, -0.15) is 0 Å². The zero-order valence-electron chi connectivity index (χ0n) is 43.1. The quantitative estimate of drug-likeness (QED) is 0.0173. The molecule has 2 aliphatic rings. The predicted octanol–water partition coefficient (Wildman–Crippen LogP) is 8.97. The number of unbranched alkanes of at least 4 members (excludes halogenated alkanes) is 24. The van der Waals surface area contributed by atoms with Gasteiger partial charge >= 0.3 is 5.97 Å². The summed E-state index contributed by atoms with van der Waals surface area (Å²) < 4.78 is 34.3. The van der Waals surface area contributed by atoms with Crippen LogP contribution in [0.5, 0.6) is 0 Å². The minimum atomic E-state index is -1.71. The van der Waals surface area contributed by atoms with Crippen molar-refractivity contribution in [3.63, 3.8) is 0 Å². The number of hydrogen-bond donors (Lipinski definition) is 7. The van der Waals surface area contributed by atoms with Crippen molar-refractivity contribution in [2.24, 2.45) is 0 Å². The number of ether oxygens (including phenoxy) is 6. The fraction of sp³-hybridized carbons (Fsp3) is 0.873. The molecular formula is C55H100O14. The van der Waals surface area contributed by atoms with Crippen LogP contribution in [0.2, 0.25) is 0 Å². The van der Waals surface area contributed by atoms with Gasteiger partial charge in [-0.05, 0) is 64.2 Å². The lowest BCUT2D eigenvalue weighted by Gasteiger charge is -2.42. The summed E-state index contributed by atoms with van der Waals surface area (Å²) in [6, 6.07) is 0. The summed E-state index contributed by atoms with van der Waals surface area (Å²) in [5.41, 5.74) is 0. The SMILES string of the molecule is CCCC/C=C\CCCCCCCC(=O)OC(COCCCCCCCCCCCCCC/C=C\C/C=C\CCCCCCC)COC1OC(COC2OC(CO)C(O)C(O)C2O)C(O)C(O)C1O. The van der Waals surface area contributed by atoms with E-state index in [2.05, 4.69) is 50.3 Å². The third kappa shape index (κ3) is 30.1. The first-order chi connectivity index (χ1) is 33.6. The van der Waals surface area contributed by atoms with Crippen LogP contribution in [0, 0.1) is 0 Å². The molecule has 2 heterocycles. The zero-order chi connectivity index (χ0) is 50.2. The third-order valence-corrected chi connectivity index (χ3v) is 13.1. The Hall–Kier alpha value is -1.79. The Morgan fingerprint density at radius 2 is 0.913 bits per heavy atom. The van der Waals surface area contributed by atoms with Gasteiger partial charge in [0.25, 0.3) is 0 Å². The number of aliphatic hydroxyl groups excluding tert-OH is 7. The highest BCUT2D eigenvalue weighted by Crippen LogP contribution is 2.26. The molecule has 2 rings (SSSR count). The Morgan fingerprint density at radius 3 is 1.45 bits per heavy atom. The molecule has 0 aromatic rings. The van der Waals surface area contributed by atoms with Crippen molar-refractivity contribution in [1.82, 2.24) is 0 Å². The molecule has 2 saturated heterocycles. The highest BCUT2D eigenvalue weighted by molar-refractivity contribution is 5.69. The summed E-state index contributed by atoms with van der Waals surface area (Å²) in [7, 11) is 0. The van der Waals surface area contributed by atoms with Crippen molar-refractivity contribution in [2.75, 3.05) is 33.0 Å². The van der Waals surface area contributed by atoms with Gasteiger partial charge in [-0.25, -0.2) is 0 Å². The maximum absolute atomic E-state index is 13.0. The average Bonchev–Trinajstić information content (AvgIpc) is 3.35. The summed E-state index contributed by atoms with van der Waals surface area (Å²) in [6.45, 7) is 3.63. The number of carbonyl (C=O) groups excluding carboxylic acids is 1. The van der Waals surface area contributed by atoms with E-state index in [0.717, 1.165) is 64.2 Å². The van der Waals surface area contributed by atoms with Crippen molar-refractivity contribution < 1.29 is 69.0 Å². The third-order valence-electron chi connectivity index (χ3n) is 13.1. The van der Waals surface area contributed by atoms with Gasteiger partial charge in [0.15, 0.2) is 12.6 Å². The summed E-state index contributed by atoms with van der Waals surface area (Å²) >= 11 is 0. The standard InChI is InChI=1S/C55H100O14/c1-3-5-7-9-11-13-15-16-17-18-19-20-21-22-23-24-25-26-27-29-31-33-35-37-39-64-41-44(67-47(57)38-36-34-32-30-28-14-12-10-8-6-4-2)42-65-54-53(63)51(61)49(59)46(69-54)43-66-55-52(62)50(60)48(58)45(40-56)68-55/h10,12,15-16,18-19,44-46,48-56,58-63H,3-9,11,13-14,17,20-43H2,1-2H3/b12-10-,16-15-,19-18-. The van der Waals surface area contributed by atoms with E-state index in [1.54, 1.807) is 0 Å². The number of hydrogen-bond acceptors (Lipinski definition) is 14. The van der Waals surface area contributed by atoms with Crippen LogP contribution >= 0.6 is 0 Å². The van der Waals surface area contributed by atoms with E-state index in [-0.39, 0.29) is 25.6 Å². The molecule has 2 aliphatic heterocycles. The Kier molecular flexibility index (Phi) is 39.2. The number of aliphatic hydroxyl groups is 7. The van der Waals surface area contributed by atoms with E-state index in [9.17, 15) is 40.5 Å². The van der Waals surface area contributed by atoms with Gasteiger partial charge in [-0.3, -0.25) is 4.79 Å². The number of carbonyl (C=O) groups is 1. The van der Waals surface area contributed by atoms with Crippen LogP contribution in [0.15, 0.2) is 36.5 Å². The fourth-order valence-corrected chi connectivity index (χ4v) is 8.59. The summed E-state index contributed by atoms with van der Waals surface area (Å²) in [5.74, 6) is -0.386. The monoisotopic (exact) mass is 985 g/mol. The number of rotatable bonds is 44. The first kappa shape index (κ1) is 63.3. The molecule has 2 fully saturated rings. The molecular weight excluding hydrogens is 885 g/mol. The van der Waals surface area contributed by atoms with Crippen molar-refractivity contribution in [2.45, 2.75) is 274 Å². The Morgan fingerprint density at radius 1 is 0.478 bits per heavy atom. The highest BCUT2D eigenvalue weighted by Gasteiger charge is 2.47. The average molecular weight is 985 g/mol. The van der Waals surface area contributed by atoms with Gasteiger partial charge in [0.1, 0.15) is 54.9 Å². The summed E-state index contributed by atoms with van der Waals surface area (Å²) in [5, 5.41) is 72.1. The lowest BCUT2D eigenvalue weighted by Crippen LogP contribution is -2.61. The summed E-state index contributed by atoms with van der Waals surface area (Å²) in [6.07, 6.45) is 32.2. The van der Waals surface area contributed by atoms with Gasteiger partial charge in [0, 0.05) is 13.0 Å². The molecule has 0 aliphatic carbocycles. The van der Waals surface area contributed by atoms with Crippen LogP contribution in [-0.4, -0.2) is 142 Å². The molecule has 0 aromatic heterocycles. The minimum absolute atomic E-state index is 0.0583. The van der Waals surface area contributed by atoms with Crippen molar-refractivity contribution in [3.8, 4) is 0 Å². The van der Waals surface area contributed by atoms with Gasteiger partial charge in [0.05, 0.1) is 26.4 Å². The molecule has 0 aromatic carbocycles. The summed E-state index contributed by atoms with van der Waals surface area (Å²) in [4.78, 5) is 13.0. The van der Waals surface area contributed by atoms with E-state index in [1.807, 2.05) is 0 Å². The zero-order valence-corrected chi connectivity index (χ0v) is 43.1. The van der Waals surface area contributed by atoms with Gasteiger partial charge in [0.2, 0.25) is 0 Å². The Labute approximate surface area is 417 Å². The van der Waals surface area contributed by atoms with E-state index < -0.39 is 80.7 Å².